The highest BCUT2D eigenvalue weighted by Crippen LogP contribution is 2.17. The van der Waals surface area contributed by atoms with Gasteiger partial charge in [0.1, 0.15) is 0 Å². The zero-order chi connectivity index (χ0) is 10.5. The molecule has 0 amide bonds. The molecule has 0 radical (unpaired) electrons. The smallest absolute Gasteiger partial charge is 0.0486 e. The monoisotopic (exact) mass is 205 g/mol. The van der Waals surface area contributed by atoms with E-state index in [1.165, 1.54) is 24.9 Å². The van der Waals surface area contributed by atoms with Crippen LogP contribution in [0.2, 0.25) is 0 Å². The lowest BCUT2D eigenvalue weighted by atomic mass is 10.1. The van der Waals surface area contributed by atoms with Crippen molar-refractivity contribution in [2.24, 2.45) is 0 Å². The van der Waals surface area contributed by atoms with E-state index >= 15 is 0 Å². The van der Waals surface area contributed by atoms with E-state index in [1.54, 1.807) is 0 Å². The average Bonchev–Trinajstić information content (AvgIpc) is 2.76. The van der Waals surface area contributed by atoms with Crippen LogP contribution in [0.4, 0.5) is 0 Å². The van der Waals surface area contributed by atoms with Gasteiger partial charge in [0.25, 0.3) is 0 Å². The number of hydrogen-bond acceptors (Lipinski definition) is 3. The van der Waals surface area contributed by atoms with E-state index in [9.17, 15) is 0 Å². The SMILES string of the molecule is CCCCN1CNC(c2cccnc2)C1. The summed E-state index contributed by atoms with van der Waals surface area (Å²) in [5.74, 6) is 0. The van der Waals surface area contributed by atoms with Crippen molar-refractivity contribution in [1.29, 1.82) is 0 Å². The highest BCUT2D eigenvalue weighted by molar-refractivity contribution is 5.15. The molecule has 1 fully saturated rings. The quantitative estimate of drug-likeness (QED) is 0.812. The van der Waals surface area contributed by atoms with E-state index in [0.717, 1.165) is 13.2 Å². The summed E-state index contributed by atoms with van der Waals surface area (Å²) in [5, 5.41) is 3.52. The Morgan fingerprint density at radius 2 is 2.53 bits per heavy atom. The first-order valence-corrected chi connectivity index (χ1v) is 5.76. The first-order valence-electron chi connectivity index (χ1n) is 5.76. The van der Waals surface area contributed by atoms with Crippen molar-refractivity contribution >= 4 is 0 Å². The maximum atomic E-state index is 4.16. The predicted molar refractivity (Wildman–Crippen MR) is 61.5 cm³/mol. The van der Waals surface area contributed by atoms with Crippen LogP contribution in [0.25, 0.3) is 0 Å². The van der Waals surface area contributed by atoms with Crippen molar-refractivity contribution in [2.75, 3.05) is 19.8 Å². The Kier molecular flexibility index (Phi) is 3.69. The van der Waals surface area contributed by atoms with Gasteiger partial charge in [-0.25, -0.2) is 0 Å². The first-order chi connectivity index (χ1) is 7.40. The molecule has 1 aromatic heterocycles. The molecule has 1 aliphatic heterocycles. The fourth-order valence-electron chi connectivity index (χ4n) is 1.98. The minimum Gasteiger partial charge on any atom is -0.296 e. The van der Waals surface area contributed by atoms with Crippen LogP contribution in [0.3, 0.4) is 0 Å². The molecule has 1 saturated heterocycles. The minimum atomic E-state index is 0.468. The van der Waals surface area contributed by atoms with Gasteiger partial charge in [0.05, 0.1) is 0 Å². The van der Waals surface area contributed by atoms with Gasteiger partial charge in [-0.3, -0.25) is 15.2 Å². The van der Waals surface area contributed by atoms with E-state index in [0.29, 0.717) is 6.04 Å². The van der Waals surface area contributed by atoms with Crippen molar-refractivity contribution in [3.63, 3.8) is 0 Å². The van der Waals surface area contributed by atoms with Crippen LogP contribution >= 0.6 is 0 Å². The third kappa shape index (κ3) is 2.76. The lowest BCUT2D eigenvalue weighted by Gasteiger charge is -2.13. The highest BCUT2D eigenvalue weighted by atomic mass is 15.3. The summed E-state index contributed by atoms with van der Waals surface area (Å²) in [7, 11) is 0. The van der Waals surface area contributed by atoms with E-state index < -0.39 is 0 Å². The third-order valence-electron chi connectivity index (χ3n) is 2.92. The van der Waals surface area contributed by atoms with Crippen LogP contribution < -0.4 is 5.32 Å². The van der Waals surface area contributed by atoms with Gasteiger partial charge >= 0.3 is 0 Å². The zero-order valence-corrected chi connectivity index (χ0v) is 9.32. The summed E-state index contributed by atoms with van der Waals surface area (Å²) in [6, 6.07) is 4.62. The van der Waals surface area contributed by atoms with Crippen LogP contribution in [0.15, 0.2) is 24.5 Å². The summed E-state index contributed by atoms with van der Waals surface area (Å²) < 4.78 is 0. The second-order valence-corrected chi connectivity index (χ2v) is 4.13. The second-order valence-electron chi connectivity index (χ2n) is 4.13. The molecule has 0 aliphatic carbocycles. The number of nitrogens with zero attached hydrogens (tertiary/aromatic N) is 2. The van der Waals surface area contributed by atoms with E-state index in [1.807, 2.05) is 18.5 Å². The number of hydrogen-bond donors (Lipinski definition) is 1. The van der Waals surface area contributed by atoms with E-state index in [4.69, 9.17) is 0 Å². The average molecular weight is 205 g/mol. The Balaban J connectivity index is 1.87. The molecule has 0 bridgehead atoms. The summed E-state index contributed by atoms with van der Waals surface area (Å²) in [6.07, 6.45) is 6.35. The lowest BCUT2D eigenvalue weighted by molar-refractivity contribution is 0.324. The van der Waals surface area contributed by atoms with Gasteiger partial charge in [0.15, 0.2) is 0 Å². The van der Waals surface area contributed by atoms with Gasteiger partial charge < -0.3 is 0 Å². The first kappa shape index (κ1) is 10.6. The van der Waals surface area contributed by atoms with Gasteiger partial charge in [-0.05, 0) is 24.6 Å². The Hall–Kier alpha value is -0.930. The van der Waals surface area contributed by atoms with Crippen molar-refractivity contribution in [3.05, 3.63) is 30.1 Å². The molecular weight excluding hydrogens is 186 g/mol. The number of unbranched alkanes of at least 4 members (excludes halogenated alkanes) is 1. The predicted octanol–water partition coefficient (Wildman–Crippen LogP) is 1.79. The van der Waals surface area contributed by atoms with Crippen LogP contribution in [-0.2, 0) is 0 Å². The third-order valence-corrected chi connectivity index (χ3v) is 2.92. The minimum absolute atomic E-state index is 0.468. The number of nitrogens with one attached hydrogen (secondary N) is 1. The Morgan fingerprint density at radius 3 is 3.27 bits per heavy atom. The summed E-state index contributed by atoms with van der Waals surface area (Å²) in [5.41, 5.74) is 1.30. The van der Waals surface area contributed by atoms with Crippen molar-refractivity contribution < 1.29 is 0 Å². The molecule has 0 aromatic carbocycles. The fourth-order valence-corrected chi connectivity index (χ4v) is 1.98. The molecule has 15 heavy (non-hydrogen) atoms. The summed E-state index contributed by atoms with van der Waals surface area (Å²) in [4.78, 5) is 6.63. The second kappa shape index (κ2) is 5.24. The normalized spacial score (nSPS) is 22.1. The molecule has 1 unspecified atom stereocenters. The van der Waals surface area contributed by atoms with Gasteiger partial charge in [-0.15, -0.1) is 0 Å². The zero-order valence-electron chi connectivity index (χ0n) is 9.32. The standard InChI is InChI=1S/C12H19N3/c1-2-3-7-15-9-12(14-10-15)11-5-4-6-13-8-11/h4-6,8,12,14H,2-3,7,9-10H2,1H3. The van der Waals surface area contributed by atoms with Crippen LogP contribution in [0.1, 0.15) is 31.4 Å². The van der Waals surface area contributed by atoms with Gasteiger partial charge in [-0.2, -0.15) is 0 Å². The lowest BCUT2D eigenvalue weighted by Crippen LogP contribution is -2.22. The van der Waals surface area contributed by atoms with Gasteiger partial charge in [0.2, 0.25) is 0 Å². The van der Waals surface area contributed by atoms with Crippen molar-refractivity contribution in [3.8, 4) is 0 Å². The van der Waals surface area contributed by atoms with Crippen LogP contribution in [0, 0.1) is 0 Å². The molecule has 0 spiro atoms. The molecule has 1 atom stereocenters. The molecule has 1 aliphatic rings. The number of pyridine rings is 1. The maximum Gasteiger partial charge on any atom is 0.0486 e. The Bertz CT molecular complexity index is 286. The Morgan fingerprint density at radius 1 is 1.60 bits per heavy atom. The van der Waals surface area contributed by atoms with Crippen LogP contribution in [-0.4, -0.2) is 29.6 Å². The van der Waals surface area contributed by atoms with Crippen molar-refractivity contribution in [2.45, 2.75) is 25.8 Å². The summed E-state index contributed by atoms with van der Waals surface area (Å²) in [6.45, 7) is 5.58. The topological polar surface area (TPSA) is 28.2 Å². The van der Waals surface area contributed by atoms with Crippen LogP contribution in [0.5, 0.6) is 0 Å². The van der Waals surface area contributed by atoms with Crippen molar-refractivity contribution in [1.82, 2.24) is 15.2 Å². The molecule has 1 aromatic rings. The fraction of sp³-hybridized carbons (Fsp3) is 0.583. The Labute approximate surface area is 91.5 Å². The largest absolute Gasteiger partial charge is 0.296 e. The van der Waals surface area contributed by atoms with Gasteiger partial charge in [-0.1, -0.05) is 19.4 Å². The summed E-state index contributed by atoms with van der Waals surface area (Å²) >= 11 is 0. The molecule has 2 heterocycles. The molecule has 0 saturated carbocycles. The van der Waals surface area contributed by atoms with Gasteiger partial charge in [0, 0.05) is 31.6 Å². The maximum absolute atomic E-state index is 4.16. The molecule has 3 heteroatoms. The van der Waals surface area contributed by atoms with E-state index in [2.05, 4.69) is 28.2 Å². The molecule has 1 N–H and O–H groups in total. The highest BCUT2D eigenvalue weighted by Gasteiger charge is 2.22. The van der Waals surface area contributed by atoms with E-state index in [-0.39, 0.29) is 0 Å². The number of aromatic nitrogens is 1. The molecule has 3 nitrogen and oxygen atoms in total. The molecule has 82 valence electrons. The molecule has 2 rings (SSSR count). The number of rotatable bonds is 4. The molecular formula is C12H19N3.